The average molecular weight is 262 g/mol. The van der Waals surface area contributed by atoms with E-state index in [0.717, 1.165) is 0 Å². The minimum atomic E-state index is -0.466. The minimum absolute atomic E-state index is 0. The van der Waals surface area contributed by atoms with Gasteiger partial charge in [0, 0.05) is 25.7 Å². The van der Waals surface area contributed by atoms with E-state index < -0.39 is 5.60 Å². The number of ether oxygens (including phenoxy) is 1. The van der Waals surface area contributed by atoms with Crippen molar-refractivity contribution in [2.24, 2.45) is 0 Å². The van der Waals surface area contributed by atoms with Crippen molar-refractivity contribution in [3.05, 3.63) is 0 Å². The maximum atomic E-state index is 11.8. The summed E-state index contributed by atoms with van der Waals surface area (Å²) in [6.45, 7) is 7.43. The van der Waals surface area contributed by atoms with E-state index in [4.69, 9.17) is 10.00 Å². The Balaban J connectivity index is 0.00000256. The Morgan fingerprint density at radius 3 is 2.76 bits per heavy atom. The first-order chi connectivity index (χ1) is 7.42. The number of hydrogen-bond acceptors (Lipinski definition) is 4. The summed E-state index contributed by atoms with van der Waals surface area (Å²) in [5.41, 5.74) is -0.466. The monoisotopic (exact) mass is 261 g/mol. The predicted molar refractivity (Wildman–Crippen MR) is 67.1 cm³/mol. The van der Waals surface area contributed by atoms with Crippen molar-refractivity contribution < 1.29 is 9.53 Å². The summed E-state index contributed by atoms with van der Waals surface area (Å²) in [5, 5.41) is 11.8. The van der Waals surface area contributed by atoms with Crippen molar-refractivity contribution in [3.8, 4) is 6.07 Å². The first-order valence-corrected chi connectivity index (χ1v) is 5.50. The van der Waals surface area contributed by atoms with E-state index in [1.165, 1.54) is 0 Å². The summed E-state index contributed by atoms with van der Waals surface area (Å²) in [6.07, 6.45) is 0.121. The first kappa shape index (κ1) is 16.0. The van der Waals surface area contributed by atoms with Gasteiger partial charge < -0.3 is 15.0 Å². The summed E-state index contributed by atoms with van der Waals surface area (Å²) in [6, 6.07) is 2.17. The fourth-order valence-corrected chi connectivity index (χ4v) is 1.56. The summed E-state index contributed by atoms with van der Waals surface area (Å²) in [7, 11) is 0. The molecule has 0 radical (unpaired) electrons. The van der Waals surface area contributed by atoms with Crippen LogP contribution in [-0.2, 0) is 4.74 Å². The Labute approximate surface area is 109 Å². The van der Waals surface area contributed by atoms with Crippen molar-refractivity contribution in [2.75, 3.05) is 19.6 Å². The molecule has 1 fully saturated rings. The van der Waals surface area contributed by atoms with Gasteiger partial charge in [0.25, 0.3) is 0 Å². The standard InChI is InChI=1S/C11H19N3O2.ClH/c1-11(2,3)16-10(15)14-7-6-13-9(8-14)4-5-12;/h9,13H,4,6-8H2,1-3H3;1H/t9-;/m0./s1. The van der Waals surface area contributed by atoms with Crippen molar-refractivity contribution in [2.45, 2.75) is 38.8 Å². The molecule has 0 unspecified atom stereocenters. The van der Waals surface area contributed by atoms with Crippen LogP contribution in [0, 0.1) is 11.3 Å². The Hall–Kier alpha value is -0.990. The van der Waals surface area contributed by atoms with Crippen LogP contribution in [0.1, 0.15) is 27.2 Å². The molecular formula is C11H20ClN3O2. The van der Waals surface area contributed by atoms with Crippen molar-refractivity contribution in [1.29, 1.82) is 5.26 Å². The molecule has 0 aliphatic carbocycles. The molecule has 1 N–H and O–H groups in total. The van der Waals surface area contributed by atoms with Crippen LogP contribution in [0.4, 0.5) is 4.79 Å². The molecule has 0 aromatic rings. The number of hydrogen-bond donors (Lipinski definition) is 1. The maximum absolute atomic E-state index is 11.8. The predicted octanol–water partition coefficient (Wildman–Crippen LogP) is 1.53. The van der Waals surface area contributed by atoms with E-state index in [-0.39, 0.29) is 24.5 Å². The molecule has 0 aromatic heterocycles. The molecule has 6 heteroatoms. The number of nitrogens with one attached hydrogen (secondary N) is 1. The summed E-state index contributed by atoms with van der Waals surface area (Å²) >= 11 is 0. The van der Waals surface area contributed by atoms with E-state index in [2.05, 4.69) is 11.4 Å². The van der Waals surface area contributed by atoms with E-state index in [1.807, 2.05) is 20.8 Å². The number of piperazine rings is 1. The third kappa shape index (κ3) is 5.76. The molecule has 5 nitrogen and oxygen atoms in total. The lowest BCUT2D eigenvalue weighted by Gasteiger charge is -2.34. The number of carbonyl (C=O) groups excluding carboxylic acids is 1. The highest BCUT2D eigenvalue weighted by atomic mass is 35.5. The molecule has 1 amide bonds. The number of nitrogens with zero attached hydrogens (tertiary/aromatic N) is 2. The number of rotatable bonds is 1. The molecule has 1 rings (SSSR count). The minimum Gasteiger partial charge on any atom is -0.444 e. The maximum Gasteiger partial charge on any atom is 0.410 e. The molecule has 1 atom stereocenters. The molecule has 0 bridgehead atoms. The van der Waals surface area contributed by atoms with Crippen LogP contribution < -0.4 is 5.32 Å². The lowest BCUT2D eigenvalue weighted by Crippen LogP contribution is -2.53. The SMILES string of the molecule is CC(C)(C)OC(=O)N1CCN[C@@H](CC#N)C1.Cl. The van der Waals surface area contributed by atoms with E-state index in [9.17, 15) is 4.79 Å². The molecule has 1 heterocycles. The van der Waals surface area contributed by atoms with Gasteiger partial charge in [-0.15, -0.1) is 12.4 Å². The van der Waals surface area contributed by atoms with Gasteiger partial charge in [0.2, 0.25) is 0 Å². The van der Waals surface area contributed by atoms with Crippen molar-refractivity contribution >= 4 is 18.5 Å². The van der Waals surface area contributed by atoms with Crippen LogP contribution in [0.2, 0.25) is 0 Å². The highest BCUT2D eigenvalue weighted by molar-refractivity contribution is 5.85. The fourth-order valence-electron chi connectivity index (χ4n) is 1.56. The zero-order chi connectivity index (χ0) is 12.2. The summed E-state index contributed by atoms with van der Waals surface area (Å²) < 4.78 is 5.28. The first-order valence-electron chi connectivity index (χ1n) is 5.50. The largest absolute Gasteiger partial charge is 0.444 e. The summed E-state index contributed by atoms with van der Waals surface area (Å²) in [4.78, 5) is 13.4. The number of carbonyl (C=O) groups is 1. The molecule has 98 valence electrons. The topological polar surface area (TPSA) is 65.4 Å². The van der Waals surface area contributed by atoms with Crippen LogP contribution in [0.5, 0.6) is 0 Å². The van der Waals surface area contributed by atoms with Gasteiger partial charge in [-0.3, -0.25) is 0 Å². The number of halogens is 1. The second-order valence-corrected chi connectivity index (χ2v) is 4.94. The highest BCUT2D eigenvalue weighted by Gasteiger charge is 2.26. The van der Waals surface area contributed by atoms with Gasteiger partial charge in [-0.05, 0) is 20.8 Å². The van der Waals surface area contributed by atoms with Crippen LogP contribution >= 0.6 is 12.4 Å². The third-order valence-corrected chi connectivity index (χ3v) is 2.24. The summed E-state index contributed by atoms with van der Waals surface area (Å²) in [5.74, 6) is 0. The molecule has 0 aromatic carbocycles. The van der Waals surface area contributed by atoms with E-state index in [0.29, 0.717) is 26.1 Å². The van der Waals surface area contributed by atoms with Gasteiger partial charge in [-0.1, -0.05) is 0 Å². The van der Waals surface area contributed by atoms with E-state index >= 15 is 0 Å². The van der Waals surface area contributed by atoms with Gasteiger partial charge in [-0.2, -0.15) is 5.26 Å². The van der Waals surface area contributed by atoms with Crippen LogP contribution in [0.25, 0.3) is 0 Å². The fraction of sp³-hybridized carbons (Fsp3) is 0.818. The second-order valence-electron chi connectivity index (χ2n) is 4.94. The molecule has 17 heavy (non-hydrogen) atoms. The van der Waals surface area contributed by atoms with Gasteiger partial charge in [-0.25, -0.2) is 4.79 Å². The lowest BCUT2D eigenvalue weighted by atomic mass is 10.1. The van der Waals surface area contributed by atoms with Crippen LogP contribution in [-0.4, -0.2) is 42.3 Å². The molecule has 1 saturated heterocycles. The quantitative estimate of drug-likeness (QED) is 0.777. The average Bonchev–Trinajstić information content (AvgIpc) is 2.16. The van der Waals surface area contributed by atoms with Crippen molar-refractivity contribution in [1.82, 2.24) is 10.2 Å². The molecule has 0 saturated carbocycles. The molecule has 1 aliphatic heterocycles. The van der Waals surface area contributed by atoms with Gasteiger partial charge >= 0.3 is 6.09 Å². The van der Waals surface area contributed by atoms with E-state index in [1.54, 1.807) is 4.90 Å². The smallest absolute Gasteiger partial charge is 0.410 e. The number of nitriles is 1. The number of amides is 1. The Morgan fingerprint density at radius 2 is 2.24 bits per heavy atom. The Bertz CT molecular complexity index is 296. The van der Waals surface area contributed by atoms with Crippen LogP contribution in [0.15, 0.2) is 0 Å². The third-order valence-electron chi connectivity index (χ3n) is 2.24. The highest BCUT2D eigenvalue weighted by Crippen LogP contribution is 2.11. The zero-order valence-electron chi connectivity index (χ0n) is 10.5. The van der Waals surface area contributed by atoms with Crippen molar-refractivity contribution in [3.63, 3.8) is 0 Å². The van der Waals surface area contributed by atoms with Gasteiger partial charge in [0.05, 0.1) is 12.5 Å². The Morgan fingerprint density at radius 1 is 1.59 bits per heavy atom. The van der Waals surface area contributed by atoms with Gasteiger partial charge in [0.15, 0.2) is 0 Å². The molecule has 1 aliphatic rings. The zero-order valence-corrected chi connectivity index (χ0v) is 11.3. The molecular weight excluding hydrogens is 242 g/mol. The van der Waals surface area contributed by atoms with Crippen LogP contribution in [0.3, 0.4) is 0 Å². The Kier molecular flexibility index (Phi) is 6.29. The lowest BCUT2D eigenvalue weighted by molar-refractivity contribution is 0.0197. The van der Waals surface area contributed by atoms with Gasteiger partial charge in [0.1, 0.15) is 5.60 Å². The normalized spacial score (nSPS) is 20.1. The molecule has 0 spiro atoms. The second kappa shape index (κ2) is 6.67.